The van der Waals surface area contributed by atoms with Crippen LogP contribution in [0.25, 0.3) is 0 Å². The molecule has 1 aliphatic carbocycles. The third kappa shape index (κ3) is 9.00. The van der Waals surface area contributed by atoms with E-state index in [0.717, 1.165) is 31.5 Å². The van der Waals surface area contributed by atoms with Crippen LogP contribution in [0.5, 0.6) is 0 Å². The van der Waals surface area contributed by atoms with Crippen molar-refractivity contribution in [2.75, 3.05) is 33.7 Å². The van der Waals surface area contributed by atoms with Crippen molar-refractivity contribution in [2.24, 2.45) is 16.8 Å². The van der Waals surface area contributed by atoms with Crippen LogP contribution in [0.4, 0.5) is 0 Å². The first-order valence-electron chi connectivity index (χ1n) is 7.71. The quantitative estimate of drug-likeness (QED) is 0.376. The van der Waals surface area contributed by atoms with Crippen molar-refractivity contribution in [1.29, 1.82) is 0 Å². The zero-order valence-corrected chi connectivity index (χ0v) is 16.1. The summed E-state index contributed by atoms with van der Waals surface area (Å²) in [6.45, 7) is 9.53. The van der Waals surface area contributed by atoms with Gasteiger partial charge >= 0.3 is 0 Å². The third-order valence-corrected chi connectivity index (χ3v) is 3.53. The van der Waals surface area contributed by atoms with Crippen molar-refractivity contribution in [3.63, 3.8) is 0 Å². The Labute approximate surface area is 142 Å². The Morgan fingerprint density at radius 3 is 2.35 bits per heavy atom. The van der Waals surface area contributed by atoms with Crippen molar-refractivity contribution in [1.82, 2.24) is 15.5 Å². The van der Waals surface area contributed by atoms with Gasteiger partial charge in [0.1, 0.15) is 0 Å². The standard InChI is InChI=1S/C15H32N4.HI/c1-6-16-15(17-10-13-7-8-13)18-11-14(19(4)5)9-12(2)3;/h12-14H,6-11H2,1-5H3,(H2,16,17,18);1H. The normalized spacial score (nSPS) is 17.1. The first-order valence-corrected chi connectivity index (χ1v) is 7.71. The van der Waals surface area contributed by atoms with Crippen LogP contribution in [0.1, 0.15) is 40.0 Å². The Hall–Kier alpha value is -0.0400. The largest absolute Gasteiger partial charge is 0.357 e. The van der Waals surface area contributed by atoms with Gasteiger partial charge in [-0.25, -0.2) is 0 Å². The summed E-state index contributed by atoms with van der Waals surface area (Å²) in [5.74, 6) is 2.57. The van der Waals surface area contributed by atoms with Crippen LogP contribution >= 0.6 is 24.0 Å². The minimum Gasteiger partial charge on any atom is -0.357 e. The van der Waals surface area contributed by atoms with E-state index < -0.39 is 0 Å². The summed E-state index contributed by atoms with van der Waals surface area (Å²) in [4.78, 5) is 7.03. The van der Waals surface area contributed by atoms with Crippen LogP contribution in [0.2, 0.25) is 0 Å². The van der Waals surface area contributed by atoms with Crippen LogP contribution in [0.15, 0.2) is 4.99 Å². The summed E-state index contributed by atoms with van der Waals surface area (Å²) < 4.78 is 0. The van der Waals surface area contributed by atoms with E-state index in [1.165, 1.54) is 19.3 Å². The predicted octanol–water partition coefficient (Wildman–Crippen LogP) is 2.55. The molecule has 0 aromatic carbocycles. The Kier molecular flexibility index (Phi) is 10.6. The Morgan fingerprint density at radius 1 is 1.25 bits per heavy atom. The summed E-state index contributed by atoms with van der Waals surface area (Å²) in [5.41, 5.74) is 0. The molecule has 1 unspecified atom stereocenters. The Bertz CT molecular complexity index is 275. The SMILES string of the molecule is CCNC(=NCC(CC(C)C)N(C)C)NCC1CC1.I. The van der Waals surface area contributed by atoms with Gasteiger partial charge in [0.15, 0.2) is 5.96 Å². The third-order valence-electron chi connectivity index (χ3n) is 3.53. The molecular formula is C15H33IN4. The van der Waals surface area contributed by atoms with Crippen LogP contribution in [0.3, 0.4) is 0 Å². The molecule has 0 saturated heterocycles. The number of nitrogens with one attached hydrogen (secondary N) is 2. The molecule has 1 atom stereocenters. The lowest BCUT2D eigenvalue weighted by Gasteiger charge is -2.24. The summed E-state index contributed by atoms with van der Waals surface area (Å²) in [6, 6.07) is 0.524. The van der Waals surface area contributed by atoms with E-state index in [2.05, 4.69) is 50.4 Å². The van der Waals surface area contributed by atoms with Crippen LogP contribution < -0.4 is 10.6 Å². The fraction of sp³-hybridized carbons (Fsp3) is 0.933. The van der Waals surface area contributed by atoms with Gasteiger partial charge in [-0.05, 0) is 52.1 Å². The van der Waals surface area contributed by atoms with E-state index in [1.54, 1.807) is 0 Å². The molecule has 0 amide bonds. The van der Waals surface area contributed by atoms with Gasteiger partial charge < -0.3 is 15.5 Å². The van der Waals surface area contributed by atoms with Gasteiger partial charge in [0.05, 0.1) is 6.54 Å². The molecule has 0 spiro atoms. The molecule has 5 heteroatoms. The minimum atomic E-state index is 0. The minimum absolute atomic E-state index is 0. The maximum absolute atomic E-state index is 4.74. The summed E-state index contributed by atoms with van der Waals surface area (Å²) in [5, 5.41) is 6.78. The number of hydrogen-bond donors (Lipinski definition) is 2. The molecular weight excluding hydrogens is 363 g/mol. The van der Waals surface area contributed by atoms with Crippen molar-refractivity contribution in [3.8, 4) is 0 Å². The maximum atomic E-state index is 4.74. The van der Waals surface area contributed by atoms with Crippen LogP contribution in [-0.4, -0.2) is 50.6 Å². The molecule has 120 valence electrons. The van der Waals surface area contributed by atoms with E-state index >= 15 is 0 Å². The molecule has 1 fully saturated rings. The highest BCUT2D eigenvalue weighted by Crippen LogP contribution is 2.27. The first kappa shape index (κ1) is 20.0. The fourth-order valence-corrected chi connectivity index (χ4v) is 2.09. The molecule has 0 bridgehead atoms. The van der Waals surface area contributed by atoms with Gasteiger partial charge in [0.2, 0.25) is 0 Å². The molecule has 4 nitrogen and oxygen atoms in total. The molecule has 0 heterocycles. The number of hydrogen-bond acceptors (Lipinski definition) is 2. The van der Waals surface area contributed by atoms with Crippen molar-refractivity contribution in [2.45, 2.75) is 46.1 Å². The lowest BCUT2D eigenvalue weighted by atomic mass is 10.0. The number of halogens is 1. The van der Waals surface area contributed by atoms with Crippen molar-refractivity contribution in [3.05, 3.63) is 0 Å². The molecule has 20 heavy (non-hydrogen) atoms. The second-order valence-corrected chi connectivity index (χ2v) is 6.29. The Morgan fingerprint density at radius 2 is 1.90 bits per heavy atom. The van der Waals surface area contributed by atoms with Gasteiger partial charge in [0, 0.05) is 19.1 Å². The molecule has 1 saturated carbocycles. The van der Waals surface area contributed by atoms with E-state index in [-0.39, 0.29) is 24.0 Å². The summed E-state index contributed by atoms with van der Waals surface area (Å²) >= 11 is 0. The highest BCUT2D eigenvalue weighted by Gasteiger charge is 2.21. The van der Waals surface area contributed by atoms with Crippen LogP contribution in [0, 0.1) is 11.8 Å². The van der Waals surface area contributed by atoms with Gasteiger partial charge in [-0.1, -0.05) is 13.8 Å². The van der Waals surface area contributed by atoms with E-state index in [1.807, 2.05) is 0 Å². The number of rotatable bonds is 8. The number of likely N-dealkylation sites (N-methyl/N-ethyl adjacent to an activating group) is 1. The molecule has 0 aromatic heterocycles. The summed E-state index contributed by atoms with van der Waals surface area (Å²) in [7, 11) is 4.29. The zero-order valence-electron chi connectivity index (χ0n) is 13.8. The average molecular weight is 396 g/mol. The molecule has 2 N–H and O–H groups in total. The summed E-state index contributed by atoms with van der Waals surface area (Å²) in [6.07, 6.45) is 3.94. The van der Waals surface area contributed by atoms with Gasteiger partial charge in [-0.2, -0.15) is 0 Å². The van der Waals surface area contributed by atoms with Gasteiger partial charge in [-0.3, -0.25) is 4.99 Å². The smallest absolute Gasteiger partial charge is 0.191 e. The zero-order chi connectivity index (χ0) is 14.3. The lowest BCUT2D eigenvalue weighted by Crippen LogP contribution is -2.40. The van der Waals surface area contributed by atoms with E-state index in [9.17, 15) is 0 Å². The lowest BCUT2D eigenvalue weighted by molar-refractivity contribution is 0.261. The fourth-order valence-electron chi connectivity index (χ4n) is 2.09. The maximum Gasteiger partial charge on any atom is 0.191 e. The second-order valence-electron chi connectivity index (χ2n) is 6.29. The number of aliphatic imine (C=N–C) groups is 1. The molecule has 0 aromatic rings. The monoisotopic (exact) mass is 396 g/mol. The highest BCUT2D eigenvalue weighted by molar-refractivity contribution is 14.0. The average Bonchev–Trinajstić information content (AvgIpc) is 3.14. The van der Waals surface area contributed by atoms with E-state index in [0.29, 0.717) is 12.0 Å². The molecule has 1 aliphatic rings. The van der Waals surface area contributed by atoms with E-state index in [4.69, 9.17) is 4.99 Å². The highest BCUT2D eigenvalue weighted by atomic mass is 127. The van der Waals surface area contributed by atoms with Crippen molar-refractivity contribution < 1.29 is 0 Å². The molecule has 1 rings (SSSR count). The molecule has 0 radical (unpaired) electrons. The van der Waals surface area contributed by atoms with Crippen LogP contribution in [-0.2, 0) is 0 Å². The molecule has 0 aliphatic heterocycles. The van der Waals surface area contributed by atoms with Crippen molar-refractivity contribution >= 4 is 29.9 Å². The van der Waals surface area contributed by atoms with Gasteiger partial charge in [-0.15, -0.1) is 24.0 Å². The second kappa shape index (κ2) is 10.7. The topological polar surface area (TPSA) is 39.7 Å². The number of nitrogens with zero attached hydrogens (tertiary/aromatic N) is 2. The number of guanidine groups is 1. The van der Waals surface area contributed by atoms with Gasteiger partial charge in [0.25, 0.3) is 0 Å². The first-order chi connectivity index (χ1) is 9.02. The predicted molar refractivity (Wildman–Crippen MR) is 99.1 cm³/mol. The Balaban J connectivity index is 0.00000361.